The van der Waals surface area contributed by atoms with E-state index >= 15 is 0 Å². The van der Waals surface area contributed by atoms with Gasteiger partial charge in [0.1, 0.15) is 18.2 Å². The van der Waals surface area contributed by atoms with Gasteiger partial charge in [0.05, 0.1) is 24.2 Å². The van der Waals surface area contributed by atoms with Crippen molar-refractivity contribution in [3.8, 4) is 5.75 Å². The maximum atomic E-state index is 12.7. The van der Waals surface area contributed by atoms with E-state index in [4.69, 9.17) is 9.47 Å². The zero-order chi connectivity index (χ0) is 24.8. The van der Waals surface area contributed by atoms with Gasteiger partial charge in [-0.05, 0) is 53.9 Å². The van der Waals surface area contributed by atoms with E-state index in [1.807, 2.05) is 44.2 Å². The van der Waals surface area contributed by atoms with Crippen LogP contribution in [-0.4, -0.2) is 29.1 Å². The molecule has 0 aliphatic heterocycles. The number of alkyl carbamates (subject to hydrolysis) is 1. The number of rotatable bonds is 8. The number of nitrogens with zero attached hydrogens (tertiary/aromatic N) is 1. The number of anilines is 1. The molecule has 1 heterocycles. The van der Waals surface area contributed by atoms with Gasteiger partial charge in [-0.15, -0.1) is 0 Å². The number of fused-ring (bicyclic) bond motifs is 1. The van der Waals surface area contributed by atoms with E-state index in [0.717, 1.165) is 5.56 Å². The second-order valence-electron chi connectivity index (χ2n) is 8.46. The number of amides is 2. The molecule has 0 aliphatic rings. The van der Waals surface area contributed by atoms with E-state index in [0.29, 0.717) is 33.9 Å². The normalized spacial score (nSPS) is 11.8. The van der Waals surface area contributed by atoms with Crippen molar-refractivity contribution < 1.29 is 19.1 Å². The standard InChI is InChI=1S/C27H28N4O4/c1-17(2)24(31-27(33)35-16-18-7-5-4-6-8-18)25-29-22-14-9-19(15-23(22)30-25)26(32)28-20-10-12-21(34-3)13-11-20/h4-15,17,24H,16H2,1-3H3,(H,28,32)(H,29,30)(H,31,33)/t24-/m0/s1. The number of carbonyl (C=O) groups is 2. The zero-order valence-corrected chi connectivity index (χ0v) is 19.9. The predicted molar refractivity (Wildman–Crippen MR) is 134 cm³/mol. The Balaban J connectivity index is 1.45. The minimum atomic E-state index is -0.521. The third kappa shape index (κ3) is 5.97. The summed E-state index contributed by atoms with van der Waals surface area (Å²) in [4.78, 5) is 33.1. The first-order valence-corrected chi connectivity index (χ1v) is 11.3. The molecule has 180 valence electrons. The van der Waals surface area contributed by atoms with Gasteiger partial charge in [-0.3, -0.25) is 4.79 Å². The zero-order valence-electron chi connectivity index (χ0n) is 19.9. The van der Waals surface area contributed by atoms with E-state index in [1.54, 1.807) is 49.6 Å². The van der Waals surface area contributed by atoms with Gasteiger partial charge in [0.25, 0.3) is 5.91 Å². The van der Waals surface area contributed by atoms with Crippen LogP contribution in [0.3, 0.4) is 0 Å². The number of methoxy groups -OCH3 is 1. The number of carbonyl (C=O) groups excluding carboxylic acids is 2. The van der Waals surface area contributed by atoms with Gasteiger partial charge in [0, 0.05) is 11.3 Å². The summed E-state index contributed by atoms with van der Waals surface area (Å²) in [6.07, 6.45) is -0.521. The van der Waals surface area contributed by atoms with Crippen molar-refractivity contribution in [1.82, 2.24) is 15.3 Å². The molecule has 4 aromatic rings. The van der Waals surface area contributed by atoms with Crippen LogP contribution >= 0.6 is 0 Å². The molecule has 8 nitrogen and oxygen atoms in total. The van der Waals surface area contributed by atoms with Crippen molar-refractivity contribution in [2.75, 3.05) is 12.4 Å². The maximum absolute atomic E-state index is 12.7. The predicted octanol–water partition coefficient (Wildman–Crippen LogP) is 5.45. The molecule has 1 atom stereocenters. The fourth-order valence-electron chi connectivity index (χ4n) is 3.64. The molecule has 2 amide bonds. The number of H-pyrrole nitrogens is 1. The number of nitrogens with one attached hydrogen (secondary N) is 3. The van der Waals surface area contributed by atoms with Crippen molar-refractivity contribution in [2.45, 2.75) is 26.5 Å². The quantitative estimate of drug-likeness (QED) is 0.316. The van der Waals surface area contributed by atoms with Gasteiger partial charge >= 0.3 is 6.09 Å². The van der Waals surface area contributed by atoms with Crippen LogP contribution in [0.15, 0.2) is 72.8 Å². The molecule has 8 heteroatoms. The van der Waals surface area contributed by atoms with Crippen molar-refractivity contribution in [3.63, 3.8) is 0 Å². The highest BCUT2D eigenvalue weighted by Crippen LogP contribution is 2.24. The van der Waals surface area contributed by atoms with Crippen LogP contribution in [0, 0.1) is 5.92 Å². The number of imidazole rings is 1. The molecular weight excluding hydrogens is 444 g/mol. The SMILES string of the molecule is COc1ccc(NC(=O)c2ccc3nc([C@@H](NC(=O)OCc4ccccc4)C(C)C)[nH]c3c2)cc1. The van der Waals surface area contributed by atoms with Gasteiger partial charge in [-0.25, -0.2) is 9.78 Å². The number of aromatic amines is 1. The average Bonchev–Trinajstić information content (AvgIpc) is 3.30. The molecular formula is C27H28N4O4. The van der Waals surface area contributed by atoms with Gasteiger partial charge < -0.3 is 25.1 Å². The van der Waals surface area contributed by atoms with Crippen molar-refractivity contribution >= 4 is 28.7 Å². The van der Waals surface area contributed by atoms with Crippen LogP contribution in [0.2, 0.25) is 0 Å². The molecule has 35 heavy (non-hydrogen) atoms. The summed E-state index contributed by atoms with van der Waals surface area (Å²) in [6.45, 7) is 4.16. The summed E-state index contributed by atoms with van der Waals surface area (Å²) in [5.41, 5.74) is 3.46. The highest BCUT2D eigenvalue weighted by Gasteiger charge is 2.23. The molecule has 3 aromatic carbocycles. The number of benzene rings is 3. The lowest BCUT2D eigenvalue weighted by Gasteiger charge is -2.20. The first kappa shape index (κ1) is 23.8. The second kappa shape index (κ2) is 10.7. The minimum absolute atomic E-state index is 0.0534. The fraction of sp³-hybridized carbons (Fsp3) is 0.222. The molecule has 0 saturated heterocycles. The van der Waals surface area contributed by atoms with Gasteiger partial charge in [0.15, 0.2) is 0 Å². The summed E-state index contributed by atoms with van der Waals surface area (Å²) >= 11 is 0. The largest absolute Gasteiger partial charge is 0.497 e. The average molecular weight is 473 g/mol. The molecule has 0 radical (unpaired) electrons. The van der Waals surface area contributed by atoms with E-state index in [-0.39, 0.29) is 24.5 Å². The molecule has 0 unspecified atom stereocenters. The monoisotopic (exact) mass is 472 g/mol. The molecule has 0 saturated carbocycles. The van der Waals surface area contributed by atoms with Crippen LogP contribution in [0.4, 0.5) is 10.5 Å². The highest BCUT2D eigenvalue weighted by molar-refractivity contribution is 6.05. The smallest absolute Gasteiger partial charge is 0.408 e. The lowest BCUT2D eigenvalue weighted by molar-refractivity contribution is 0.102. The number of hydrogen-bond donors (Lipinski definition) is 3. The number of ether oxygens (including phenoxy) is 2. The van der Waals surface area contributed by atoms with Gasteiger partial charge in [-0.1, -0.05) is 44.2 Å². The van der Waals surface area contributed by atoms with E-state index in [9.17, 15) is 9.59 Å². The van der Waals surface area contributed by atoms with Crippen LogP contribution in [0.25, 0.3) is 11.0 Å². The Labute approximate surface area is 203 Å². The van der Waals surface area contributed by atoms with Crippen LogP contribution in [0.1, 0.15) is 41.6 Å². The Kier molecular flexibility index (Phi) is 7.30. The van der Waals surface area contributed by atoms with Gasteiger partial charge in [0.2, 0.25) is 0 Å². The number of aromatic nitrogens is 2. The third-order valence-corrected chi connectivity index (χ3v) is 5.56. The molecule has 0 fully saturated rings. The second-order valence-corrected chi connectivity index (χ2v) is 8.46. The third-order valence-electron chi connectivity index (χ3n) is 5.56. The van der Waals surface area contributed by atoms with Crippen molar-refractivity contribution in [3.05, 3.63) is 89.7 Å². The van der Waals surface area contributed by atoms with Crippen LogP contribution < -0.4 is 15.4 Å². The van der Waals surface area contributed by atoms with E-state index in [1.165, 1.54) is 0 Å². The summed E-state index contributed by atoms with van der Waals surface area (Å²) in [7, 11) is 1.59. The Morgan fingerprint density at radius 2 is 1.74 bits per heavy atom. The summed E-state index contributed by atoms with van der Waals surface area (Å²) in [5.74, 6) is 1.12. The Morgan fingerprint density at radius 3 is 2.43 bits per heavy atom. The molecule has 0 aliphatic carbocycles. The fourth-order valence-corrected chi connectivity index (χ4v) is 3.64. The topological polar surface area (TPSA) is 105 Å². The van der Waals surface area contributed by atoms with Gasteiger partial charge in [-0.2, -0.15) is 0 Å². The van der Waals surface area contributed by atoms with Crippen LogP contribution in [-0.2, 0) is 11.3 Å². The summed E-state index contributed by atoms with van der Waals surface area (Å²) < 4.78 is 10.5. The molecule has 4 rings (SSSR count). The maximum Gasteiger partial charge on any atom is 0.408 e. The highest BCUT2D eigenvalue weighted by atomic mass is 16.5. The lowest BCUT2D eigenvalue weighted by atomic mass is 10.0. The minimum Gasteiger partial charge on any atom is -0.497 e. The van der Waals surface area contributed by atoms with E-state index in [2.05, 4.69) is 20.6 Å². The summed E-state index contributed by atoms with van der Waals surface area (Å²) in [6, 6.07) is 21.5. The molecule has 1 aromatic heterocycles. The Hall–Kier alpha value is -4.33. The Morgan fingerprint density at radius 1 is 1.00 bits per heavy atom. The van der Waals surface area contributed by atoms with Crippen LogP contribution in [0.5, 0.6) is 5.75 Å². The molecule has 0 spiro atoms. The summed E-state index contributed by atoms with van der Waals surface area (Å²) in [5, 5.41) is 5.77. The van der Waals surface area contributed by atoms with E-state index < -0.39 is 6.09 Å². The molecule has 3 N–H and O–H groups in total. The molecule has 0 bridgehead atoms. The number of hydrogen-bond acceptors (Lipinski definition) is 5. The first-order valence-electron chi connectivity index (χ1n) is 11.3. The lowest BCUT2D eigenvalue weighted by Crippen LogP contribution is -2.32. The van der Waals surface area contributed by atoms with Crippen molar-refractivity contribution in [2.24, 2.45) is 5.92 Å². The Bertz CT molecular complexity index is 1300. The van der Waals surface area contributed by atoms with Crippen molar-refractivity contribution in [1.29, 1.82) is 0 Å². The first-order chi connectivity index (χ1) is 16.9.